The second-order valence-electron chi connectivity index (χ2n) is 3.71. The SMILES string of the molecule is CCCOC1(c2ccccc2)CC1. The zero-order chi connectivity index (χ0) is 9.15. The third kappa shape index (κ3) is 1.75. The average Bonchev–Trinajstić information content (AvgIpc) is 2.97. The molecule has 0 heterocycles. The molecule has 1 aromatic rings. The molecule has 1 aromatic carbocycles. The molecule has 1 heteroatoms. The fourth-order valence-corrected chi connectivity index (χ4v) is 1.67. The van der Waals surface area contributed by atoms with Gasteiger partial charge in [-0.25, -0.2) is 0 Å². The molecule has 1 saturated carbocycles. The molecule has 0 bridgehead atoms. The fraction of sp³-hybridized carbons (Fsp3) is 0.500. The van der Waals surface area contributed by atoms with Gasteiger partial charge < -0.3 is 4.74 Å². The molecule has 1 aliphatic rings. The van der Waals surface area contributed by atoms with Crippen LogP contribution < -0.4 is 0 Å². The normalized spacial score (nSPS) is 18.5. The summed E-state index contributed by atoms with van der Waals surface area (Å²) < 4.78 is 5.88. The van der Waals surface area contributed by atoms with Crippen molar-refractivity contribution >= 4 is 0 Å². The molecule has 0 aliphatic heterocycles. The van der Waals surface area contributed by atoms with Gasteiger partial charge in [-0.3, -0.25) is 0 Å². The van der Waals surface area contributed by atoms with Crippen LogP contribution >= 0.6 is 0 Å². The first kappa shape index (κ1) is 8.76. The van der Waals surface area contributed by atoms with Gasteiger partial charge in [-0.1, -0.05) is 37.3 Å². The highest BCUT2D eigenvalue weighted by Crippen LogP contribution is 2.49. The van der Waals surface area contributed by atoms with E-state index < -0.39 is 0 Å². The van der Waals surface area contributed by atoms with Crippen LogP contribution in [0.1, 0.15) is 31.7 Å². The molecule has 0 radical (unpaired) electrons. The first-order chi connectivity index (χ1) is 6.37. The van der Waals surface area contributed by atoms with Crippen LogP contribution in [-0.4, -0.2) is 6.61 Å². The summed E-state index contributed by atoms with van der Waals surface area (Å²) in [5.74, 6) is 0. The van der Waals surface area contributed by atoms with E-state index in [0.29, 0.717) is 0 Å². The third-order valence-corrected chi connectivity index (χ3v) is 2.59. The van der Waals surface area contributed by atoms with E-state index in [4.69, 9.17) is 4.74 Å². The Kier molecular flexibility index (Phi) is 2.36. The van der Waals surface area contributed by atoms with E-state index in [-0.39, 0.29) is 5.60 Å². The van der Waals surface area contributed by atoms with Crippen LogP contribution in [0.25, 0.3) is 0 Å². The van der Waals surface area contributed by atoms with Gasteiger partial charge in [0.15, 0.2) is 0 Å². The molecule has 0 N–H and O–H groups in total. The van der Waals surface area contributed by atoms with Gasteiger partial charge in [-0.2, -0.15) is 0 Å². The molecule has 0 saturated heterocycles. The summed E-state index contributed by atoms with van der Waals surface area (Å²) in [5.41, 5.74) is 1.44. The Balaban J connectivity index is 2.07. The van der Waals surface area contributed by atoms with Gasteiger partial charge in [0, 0.05) is 6.61 Å². The van der Waals surface area contributed by atoms with Crippen molar-refractivity contribution < 1.29 is 4.74 Å². The second kappa shape index (κ2) is 3.51. The van der Waals surface area contributed by atoms with Crippen molar-refractivity contribution in [3.8, 4) is 0 Å². The number of ether oxygens (including phenoxy) is 1. The zero-order valence-corrected chi connectivity index (χ0v) is 8.12. The molecule has 0 atom stereocenters. The summed E-state index contributed by atoms with van der Waals surface area (Å²) in [6.45, 7) is 3.04. The topological polar surface area (TPSA) is 9.23 Å². The third-order valence-electron chi connectivity index (χ3n) is 2.59. The predicted molar refractivity (Wildman–Crippen MR) is 53.6 cm³/mol. The lowest BCUT2D eigenvalue weighted by Gasteiger charge is -2.16. The van der Waals surface area contributed by atoms with Crippen molar-refractivity contribution in [1.29, 1.82) is 0 Å². The summed E-state index contributed by atoms with van der Waals surface area (Å²) in [6.07, 6.45) is 3.49. The maximum atomic E-state index is 5.88. The zero-order valence-electron chi connectivity index (χ0n) is 8.12. The molecule has 1 fully saturated rings. The lowest BCUT2D eigenvalue weighted by molar-refractivity contribution is 0.0306. The van der Waals surface area contributed by atoms with E-state index in [1.54, 1.807) is 0 Å². The minimum absolute atomic E-state index is 0.0945. The highest BCUT2D eigenvalue weighted by atomic mass is 16.5. The first-order valence-electron chi connectivity index (χ1n) is 5.07. The van der Waals surface area contributed by atoms with Crippen molar-refractivity contribution in [2.45, 2.75) is 31.8 Å². The number of rotatable bonds is 4. The predicted octanol–water partition coefficient (Wildman–Crippen LogP) is 3.10. The van der Waals surface area contributed by atoms with Gasteiger partial charge in [0.2, 0.25) is 0 Å². The van der Waals surface area contributed by atoms with Gasteiger partial charge in [0.05, 0.1) is 5.60 Å². The van der Waals surface area contributed by atoms with E-state index in [0.717, 1.165) is 13.0 Å². The minimum atomic E-state index is 0.0945. The molecule has 2 rings (SSSR count). The summed E-state index contributed by atoms with van der Waals surface area (Å²) >= 11 is 0. The Morgan fingerprint density at radius 3 is 2.46 bits per heavy atom. The molecule has 0 aromatic heterocycles. The number of hydrogen-bond acceptors (Lipinski definition) is 1. The lowest BCUT2D eigenvalue weighted by Crippen LogP contribution is -2.12. The largest absolute Gasteiger partial charge is 0.370 e. The summed E-state index contributed by atoms with van der Waals surface area (Å²) in [4.78, 5) is 0. The van der Waals surface area contributed by atoms with Crippen molar-refractivity contribution in [3.63, 3.8) is 0 Å². The van der Waals surface area contributed by atoms with Crippen molar-refractivity contribution in [1.82, 2.24) is 0 Å². The molecule has 0 amide bonds. The Labute approximate surface area is 79.7 Å². The van der Waals surface area contributed by atoms with Crippen LogP contribution in [0.3, 0.4) is 0 Å². The fourth-order valence-electron chi connectivity index (χ4n) is 1.67. The smallest absolute Gasteiger partial charge is 0.0933 e. The van der Waals surface area contributed by atoms with E-state index >= 15 is 0 Å². The Morgan fingerprint density at radius 1 is 1.23 bits per heavy atom. The van der Waals surface area contributed by atoms with Crippen molar-refractivity contribution in [3.05, 3.63) is 35.9 Å². The second-order valence-corrected chi connectivity index (χ2v) is 3.71. The van der Waals surface area contributed by atoms with Crippen LogP contribution in [0, 0.1) is 0 Å². The first-order valence-corrected chi connectivity index (χ1v) is 5.07. The minimum Gasteiger partial charge on any atom is -0.370 e. The quantitative estimate of drug-likeness (QED) is 0.685. The molecule has 70 valence electrons. The van der Waals surface area contributed by atoms with Gasteiger partial charge in [0.1, 0.15) is 0 Å². The molecular formula is C12H16O. The van der Waals surface area contributed by atoms with Crippen molar-refractivity contribution in [2.24, 2.45) is 0 Å². The summed E-state index contributed by atoms with van der Waals surface area (Å²) in [6, 6.07) is 10.6. The monoisotopic (exact) mass is 176 g/mol. The Hall–Kier alpha value is -0.820. The van der Waals surface area contributed by atoms with Crippen LogP contribution in [0.2, 0.25) is 0 Å². The molecule has 0 spiro atoms. The lowest BCUT2D eigenvalue weighted by atomic mass is 10.1. The van der Waals surface area contributed by atoms with Crippen molar-refractivity contribution in [2.75, 3.05) is 6.61 Å². The van der Waals surface area contributed by atoms with Crippen LogP contribution in [0.5, 0.6) is 0 Å². The molecule has 1 aliphatic carbocycles. The van der Waals surface area contributed by atoms with Gasteiger partial charge >= 0.3 is 0 Å². The molecule has 0 unspecified atom stereocenters. The van der Waals surface area contributed by atoms with E-state index in [1.807, 2.05) is 0 Å². The Morgan fingerprint density at radius 2 is 1.92 bits per heavy atom. The Bertz CT molecular complexity index is 262. The highest BCUT2D eigenvalue weighted by molar-refractivity contribution is 5.27. The molecule has 13 heavy (non-hydrogen) atoms. The van der Waals surface area contributed by atoms with Crippen LogP contribution in [-0.2, 0) is 10.3 Å². The highest BCUT2D eigenvalue weighted by Gasteiger charge is 2.45. The summed E-state index contributed by atoms with van der Waals surface area (Å²) in [7, 11) is 0. The van der Waals surface area contributed by atoms with Gasteiger partial charge in [0.25, 0.3) is 0 Å². The maximum Gasteiger partial charge on any atom is 0.0933 e. The van der Waals surface area contributed by atoms with E-state index in [2.05, 4.69) is 37.3 Å². The molecular weight excluding hydrogens is 160 g/mol. The van der Waals surface area contributed by atoms with Gasteiger partial charge in [-0.15, -0.1) is 0 Å². The number of benzene rings is 1. The number of hydrogen-bond donors (Lipinski definition) is 0. The van der Waals surface area contributed by atoms with E-state index in [9.17, 15) is 0 Å². The maximum absolute atomic E-state index is 5.88. The molecule has 1 nitrogen and oxygen atoms in total. The van der Waals surface area contributed by atoms with Crippen LogP contribution in [0.4, 0.5) is 0 Å². The van der Waals surface area contributed by atoms with E-state index in [1.165, 1.54) is 18.4 Å². The van der Waals surface area contributed by atoms with Crippen LogP contribution in [0.15, 0.2) is 30.3 Å². The van der Waals surface area contributed by atoms with Gasteiger partial charge in [-0.05, 0) is 24.8 Å². The summed E-state index contributed by atoms with van der Waals surface area (Å²) in [5, 5.41) is 0. The average molecular weight is 176 g/mol. The standard InChI is InChI=1S/C12H16O/c1-2-10-13-12(8-9-12)11-6-4-3-5-7-11/h3-7H,2,8-10H2,1H3.